The maximum Gasteiger partial charge on any atom is 0.298 e. The van der Waals surface area contributed by atoms with E-state index >= 15 is 0 Å². The summed E-state index contributed by atoms with van der Waals surface area (Å²) in [5.41, 5.74) is -1.38. The van der Waals surface area contributed by atoms with Gasteiger partial charge in [-0.3, -0.25) is 36.5 Å². The van der Waals surface area contributed by atoms with E-state index in [4.69, 9.17) is 9.47 Å². The Labute approximate surface area is 500 Å². The molecule has 0 aliphatic rings. The minimum Gasteiger partial charge on any atom is -0.495 e. The van der Waals surface area contributed by atoms with Crippen molar-refractivity contribution in [3.05, 3.63) is 71.3 Å². The van der Waals surface area contributed by atoms with Crippen molar-refractivity contribution in [1.82, 2.24) is 14.4 Å². The minimum atomic E-state index is -5.36. The Morgan fingerprint density at radius 2 is 1.32 bits per heavy atom. The summed E-state index contributed by atoms with van der Waals surface area (Å²) >= 11 is 1.41. The van der Waals surface area contributed by atoms with Crippen LogP contribution in [0.2, 0.25) is 0 Å². The fourth-order valence-corrected chi connectivity index (χ4v) is 14.1. The second-order valence-corrected chi connectivity index (χ2v) is 29.1. The average molecular weight is 1360 g/mol. The van der Waals surface area contributed by atoms with Gasteiger partial charge in [-0.2, -0.15) is 60.9 Å². The monoisotopic (exact) mass is 1360 g/mol. The highest BCUT2D eigenvalue weighted by Crippen LogP contribution is 2.46. The second-order valence-electron chi connectivity index (χ2n) is 18.2. The van der Waals surface area contributed by atoms with Crippen molar-refractivity contribution in [3.8, 4) is 23.4 Å². The number of methoxy groups -OCH3 is 1. The first-order valence-electron chi connectivity index (χ1n) is 23.8. The lowest BCUT2D eigenvalue weighted by atomic mass is 10.1. The number of hydrogen-bond donors (Lipinski definition) is 8. The molecule has 33 nitrogen and oxygen atoms in total. The molecule has 0 saturated heterocycles. The number of amides is 1. The molecule has 3 heterocycles. The van der Waals surface area contributed by atoms with Gasteiger partial charge in [-0.05, 0) is 80.5 Å². The number of ether oxygens (including phenoxy) is 2. The molecule has 0 unspecified atom stereocenters. The van der Waals surface area contributed by atoms with Gasteiger partial charge < -0.3 is 19.9 Å². The van der Waals surface area contributed by atoms with Crippen LogP contribution in [0.25, 0.3) is 37.7 Å². The lowest BCUT2D eigenvalue weighted by molar-refractivity contribution is -0.114. The Bertz CT molecular complexity index is 5110. The predicted molar refractivity (Wildman–Crippen MR) is 309 cm³/mol. The van der Waals surface area contributed by atoms with Crippen LogP contribution in [0.4, 0.5) is 39.3 Å². The fourth-order valence-electron chi connectivity index (χ4n) is 8.28. The number of carbonyl (C=O) groups excluding carboxylic acids is 1. The molecule has 0 radical (unpaired) electrons. The molecule has 0 spiro atoms. The number of anilines is 1. The maximum atomic E-state index is 12.7. The van der Waals surface area contributed by atoms with Crippen LogP contribution in [-0.2, 0) is 65.5 Å². The Morgan fingerprint density at radius 3 is 1.93 bits per heavy atom. The van der Waals surface area contributed by atoms with E-state index in [0.717, 1.165) is 48.4 Å². The van der Waals surface area contributed by atoms with Gasteiger partial charge in [0.05, 0.1) is 57.2 Å². The third-order valence-corrected chi connectivity index (χ3v) is 19.3. The van der Waals surface area contributed by atoms with E-state index in [9.17, 15) is 93.0 Å². The molecule has 87 heavy (non-hydrogen) atoms. The Balaban J connectivity index is 1.24. The smallest absolute Gasteiger partial charge is 0.298 e. The molecule has 8 rings (SSSR count). The maximum absolute atomic E-state index is 12.7. The molecule has 3 aromatic heterocycles. The van der Waals surface area contributed by atoms with Gasteiger partial charge in [0.1, 0.15) is 60.4 Å². The van der Waals surface area contributed by atoms with Crippen LogP contribution >= 0.6 is 23.1 Å². The minimum absolute atomic E-state index is 0.0134. The number of azo groups is 3. The molecular formula is C46H41N11O22S8. The Hall–Kier alpha value is -7.83. The zero-order chi connectivity index (χ0) is 64.1. The number of thioether (sulfide) groups is 1. The molecule has 0 aliphatic carbocycles. The number of pyridine rings is 1. The quantitative estimate of drug-likeness (QED) is 0.0136. The van der Waals surface area contributed by atoms with Crippen molar-refractivity contribution in [2.45, 2.75) is 58.1 Å². The number of imidazole rings is 1. The number of nitrogens with one attached hydrogen (secondary N) is 1. The SMILES string of the molecule is COc1cc2c(cc1S(=O)(=O)O)nc1c(C#N)c(C)c(N=Nc3cc(C)c(N=Nc4cc(NC(C)=O)c(N=Nc5nc6c(S(=O)(=O)O)cc7c(S(=O)(=O)O)cc(S(=O)(=O)O)cc7c6s5)cc4SCCCS(=O)(=O)O)cc3OCCCS(=O)(=O)O)c(O)n12. The number of nitrogens with zero attached hydrogens (tertiary/aromatic N) is 10. The van der Waals surface area contributed by atoms with Crippen LogP contribution in [0.1, 0.15) is 36.5 Å². The molecule has 1 amide bonds. The second kappa shape index (κ2) is 24.4. The third kappa shape index (κ3) is 14.8. The number of carbonyl (C=O) groups is 1. The number of nitriles is 1. The summed E-state index contributed by atoms with van der Waals surface area (Å²) < 4.78 is 216. The Kier molecular flexibility index (Phi) is 18.3. The van der Waals surface area contributed by atoms with E-state index in [1.54, 1.807) is 0 Å². The summed E-state index contributed by atoms with van der Waals surface area (Å²) in [6, 6.07) is 11.0. The first kappa shape index (κ1) is 65.2. The molecule has 8 aromatic rings. The Morgan fingerprint density at radius 1 is 0.690 bits per heavy atom. The van der Waals surface area contributed by atoms with Crippen molar-refractivity contribution < 1.29 is 97.2 Å². The van der Waals surface area contributed by atoms with Crippen LogP contribution < -0.4 is 14.8 Å². The zero-order valence-electron chi connectivity index (χ0n) is 44.4. The van der Waals surface area contributed by atoms with Gasteiger partial charge in [-0.15, -0.1) is 37.3 Å². The van der Waals surface area contributed by atoms with Crippen molar-refractivity contribution in [2.24, 2.45) is 30.7 Å². The van der Waals surface area contributed by atoms with Gasteiger partial charge in [0.25, 0.3) is 60.7 Å². The number of aromatic hydroxyl groups is 1. The summed E-state index contributed by atoms with van der Waals surface area (Å²) in [4.78, 5) is 17.3. The lowest BCUT2D eigenvalue weighted by Crippen LogP contribution is -2.08. The number of hydrogen-bond acceptors (Lipinski definition) is 27. The van der Waals surface area contributed by atoms with E-state index in [-0.39, 0.29) is 114 Å². The topological polar surface area (TPSA) is 522 Å². The summed E-state index contributed by atoms with van der Waals surface area (Å²) in [6.07, 6.45) is -0.398. The first-order chi connectivity index (χ1) is 40.4. The van der Waals surface area contributed by atoms with E-state index in [0.29, 0.717) is 23.5 Å². The van der Waals surface area contributed by atoms with Crippen LogP contribution in [-0.4, -0.2) is 134 Å². The molecule has 0 atom stereocenters. The van der Waals surface area contributed by atoms with Crippen molar-refractivity contribution >= 4 is 167 Å². The highest BCUT2D eigenvalue weighted by molar-refractivity contribution is 7.99. The predicted octanol–water partition coefficient (Wildman–Crippen LogP) is 8.67. The van der Waals surface area contributed by atoms with E-state index in [1.807, 2.05) is 6.07 Å². The first-order valence-corrected chi connectivity index (χ1v) is 34.6. The van der Waals surface area contributed by atoms with Gasteiger partial charge in [-0.1, -0.05) is 11.3 Å². The average Bonchev–Trinajstić information content (AvgIpc) is 1.83. The number of thiazole rings is 1. The van der Waals surface area contributed by atoms with Gasteiger partial charge in [0, 0.05) is 40.3 Å². The van der Waals surface area contributed by atoms with E-state index in [1.165, 1.54) is 38.1 Å². The highest BCUT2D eigenvalue weighted by atomic mass is 32.2. The molecule has 460 valence electrons. The van der Waals surface area contributed by atoms with E-state index < -0.39 is 125 Å². The number of benzene rings is 5. The number of rotatable bonds is 22. The van der Waals surface area contributed by atoms with Crippen LogP contribution in [0.5, 0.6) is 17.4 Å². The molecule has 0 aliphatic heterocycles. The molecule has 0 fully saturated rings. The van der Waals surface area contributed by atoms with Crippen LogP contribution in [0.3, 0.4) is 0 Å². The third-order valence-electron chi connectivity index (χ3n) is 12.1. The lowest BCUT2D eigenvalue weighted by Gasteiger charge is -2.13. The van der Waals surface area contributed by atoms with Gasteiger partial charge >= 0.3 is 0 Å². The van der Waals surface area contributed by atoms with Crippen molar-refractivity contribution in [1.29, 1.82) is 5.26 Å². The highest BCUT2D eigenvalue weighted by Gasteiger charge is 2.29. The standard InChI is InChI=1S/C46H41N11O22S8/c1-21-11-32(53-55-41-22(2)27(20-47)44-49-31-18-39(86(72,73)74)36(78-4)19-34(31)57(44)45(41)59)35(79-7-5-9-82(60,61)62)16-28(21)51-54-33-15-29(48-23(3)58)30(17-37(33)80-8-6-10-83(63,64)65)52-56-46-50-42-40(87(75,76)77)14-25-26(43(42)81-46)12-24(84(66,67)68)13-38(25)85(69,70)71/h11-19,59H,5-10H2,1-4H3,(H,48,58)(H,60,61,62)(H,63,64,65)(H,66,67,68)(H,69,70,71)(H,72,73,74)(H,75,76,77). The van der Waals surface area contributed by atoms with E-state index in [2.05, 4.69) is 46.0 Å². The van der Waals surface area contributed by atoms with Gasteiger partial charge in [-0.25, -0.2) is 9.97 Å². The van der Waals surface area contributed by atoms with Gasteiger partial charge in [0.15, 0.2) is 11.3 Å². The van der Waals surface area contributed by atoms with Gasteiger partial charge in [0.2, 0.25) is 16.9 Å². The molecule has 0 bridgehead atoms. The molecule has 41 heteroatoms. The summed E-state index contributed by atoms with van der Waals surface area (Å²) in [5.74, 6) is -3.27. The summed E-state index contributed by atoms with van der Waals surface area (Å²) in [5, 5.41) is 48.6. The molecule has 8 N–H and O–H groups in total. The molecule has 5 aromatic carbocycles. The number of fused-ring (bicyclic) bond motifs is 6. The molecular weight excluding hydrogens is 1320 g/mol. The summed E-state index contributed by atoms with van der Waals surface area (Å²) in [6.45, 7) is 3.68. The number of aromatic nitrogens is 3. The normalized spacial score (nSPS) is 13.1. The van der Waals surface area contributed by atoms with Crippen molar-refractivity contribution in [3.63, 3.8) is 0 Å². The molecule has 0 saturated carbocycles. The fraction of sp³-hybridized carbons (Fsp3) is 0.217. The van der Waals surface area contributed by atoms with Crippen LogP contribution in [0, 0.1) is 25.2 Å². The van der Waals surface area contributed by atoms with Crippen LogP contribution in [0.15, 0.2) is 110 Å². The largest absolute Gasteiger partial charge is 0.495 e. The number of aryl methyl sites for hydroxylation is 1. The zero-order valence-corrected chi connectivity index (χ0v) is 51.0. The van der Waals surface area contributed by atoms with Crippen molar-refractivity contribution in [2.75, 3.05) is 36.3 Å². The summed E-state index contributed by atoms with van der Waals surface area (Å²) in [7, 11) is -28.5.